The van der Waals surface area contributed by atoms with Crippen LogP contribution in [0.1, 0.15) is 30.3 Å². The van der Waals surface area contributed by atoms with Gasteiger partial charge in [0.2, 0.25) is 0 Å². The Morgan fingerprint density at radius 1 is 1.33 bits per heavy atom. The first-order chi connectivity index (χ1) is 7.16. The lowest BCUT2D eigenvalue weighted by Crippen LogP contribution is -2.21. The molecule has 0 amide bonds. The molecule has 0 unspecified atom stereocenters. The minimum absolute atomic E-state index is 0.181. The van der Waals surface area contributed by atoms with Crippen molar-refractivity contribution >= 4 is 11.3 Å². The van der Waals surface area contributed by atoms with Crippen molar-refractivity contribution in [2.75, 3.05) is 13.1 Å². The number of nitrogens with one attached hydrogen (secondary N) is 1. The van der Waals surface area contributed by atoms with E-state index in [4.69, 9.17) is 0 Å². The number of nitrogens with zero attached hydrogens (tertiary/aromatic N) is 1. The standard InChI is InChI=1S/C11H20N2OS/c1-4-6-12-7-5-8-13-9(2)10(3)15-11(13)14/h12H,4-8H2,1-3H3. The average Bonchev–Trinajstić information content (AvgIpc) is 2.44. The Morgan fingerprint density at radius 3 is 2.60 bits per heavy atom. The molecule has 0 fully saturated rings. The van der Waals surface area contributed by atoms with Crippen molar-refractivity contribution in [3.05, 3.63) is 20.2 Å². The topological polar surface area (TPSA) is 34.0 Å². The molecule has 0 atom stereocenters. The van der Waals surface area contributed by atoms with Gasteiger partial charge in [0.1, 0.15) is 0 Å². The molecule has 4 heteroatoms. The molecule has 0 spiro atoms. The molecule has 0 aromatic carbocycles. The lowest BCUT2D eigenvalue weighted by Gasteiger charge is -2.05. The van der Waals surface area contributed by atoms with E-state index in [-0.39, 0.29) is 4.87 Å². The van der Waals surface area contributed by atoms with Gasteiger partial charge < -0.3 is 9.88 Å². The number of hydrogen-bond donors (Lipinski definition) is 1. The predicted molar refractivity (Wildman–Crippen MR) is 65.8 cm³/mol. The Hall–Kier alpha value is -0.610. The van der Waals surface area contributed by atoms with Crippen LogP contribution in [-0.2, 0) is 6.54 Å². The molecule has 0 bridgehead atoms. The van der Waals surface area contributed by atoms with Crippen LogP contribution in [0.25, 0.3) is 0 Å². The molecule has 0 saturated heterocycles. The third kappa shape index (κ3) is 3.47. The van der Waals surface area contributed by atoms with Crippen molar-refractivity contribution < 1.29 is 0 Å². The van der Waals surface area contributed by atoms with Gasteiger partial charge in [0.25, 0.3) is 0 Å². The first-order valence-corrected chi connectivity index (χ1v) is 6.36. The summed E-state index contributed by atoms with van der Waals surface area (Å²) in [6.07, 6.45) is 2.19. The Kier molecular flexibility index (Phi) is 5.05. The van der Waals surface area contributed by atoms with E-state index in [2.05, 4.69) is 12.2 Å². The minimum Gasteiger partial charge on any atom is -0.317 e. The van der Waals surface area contributed by atoms with Gasteiger partial charge in [-0.1, -0.05) is 18.3 Å². The first-order valence-electron chi connectivity index (χ1n) is 5.54. The summed E-state index contributed by atoms with van der Waals surface area (Å²) in [4.78, 5) is 12.9. The Balaban J connectivity index is 2.41. The van der Waals surface area contributed by atoms with Crippen LogP contribution in [-0.4, -0.2) is 17.7 Å². The van der Waals surface area contributed by atoms with Gasteiger partial charge in [-0.3, -0.25) is 4.79 Å². The zero-order valence-electron chi connectivity index (χ0n) is 9.80. The minimum atomic E-state index is 0.181. The van der Waals surface area contributed by atoms with Crippen LogP contribution in [0.15, 0.2) is 4.79 Å². The van der Waals surface area contributed by atoms with Crippen LogP contribution < -0.4 is 10.2 Å². The zero-order valence-corrected chi connectivity index (χ0v) is 10.6. The summed E-state index contributed by atoms with van der Waals surface area (Å²) in [5, 5.41) is 3.34. The predicted octanol–water partition coefficient (Wildman–Crippen LogP) is 1.92. The van der Waals surface area contributed by atoms with E-state index < -0.39 is 0 Å². The third-order valence-electron chi connectivity index (χ3n) is 2.54. The summed E-state index contributed by atoms with van der Waals surface area (Å²) in [7, 11) is 0. The maximum atomic E-state index is 11.5. The molecule has 3 nitrogen and oxygen atoms in total. The fraction of sp³-hybridized carbons (Fsp3) is 0.727. The molecule has 0 aliphatic rings. The van der Waals surface area contributed by atoms with Crippen LogP contribution in [0, 0.1) is 13.8 Å². The van der Waals surface area contributed by atoms with E-state index in [0.29, 0.717) is 0 Å². The van der Waals surface area contributed by atoms with E-state index in [1.807, 2.05) is 18.4 Å². The molecule has 0 saturated carbocycles. The highest BCUT2D eigenvalue weighted by Crippen LogP contribution is 2.09. The number of rotatable bonds is 6. The normalized spacial score (nSPS) is 10.9. The van der Waals surface area contributed by atoms with Gasteiger partial charge in [0.15, 0.2) is 0 Å². The quantitative estimate of drug-likeness (QED) is 0.755. The van der Waals surface area contributed by atoms with Crippen molar-refractivity contribution in [2.24, 2.45) is 0 Å². The van der Waals surface area contributed by atoms with Gasteiger partial charge in [-0.05, 0) is 39.8 Å². The Labute approximate surface area is 95.1 Å². The molecular formula is C11H20N2OS. The second-order valence-electron chi connectivity index (χ2n) is 3.76. The van der Waals surface area contributed by atoms with Crippen molar-refractivity contribution in [3.8, 4) is 0 Å². The molecule has 0 aliphatic carbocycles. The van der Waals surface area contributed by atoms with Crippen molar-refractivity contribution in [3.63, 3.8) is 0 Å². The van der Waals surface area contributed by atoms with Crippen LogP contribution in [0.3, 0.4) is 0 Å². The molecule has 0 aliphatic heterocycles. The van der Waals surface area contributed by atoms with Crippen LogP contribution in [0.2, 0.25) is 0 Å². The van der Waals surface area contributed by atoms with E-state index in [1.54, 1.807) is 0 Å². The molecule has 1 aromatic rings. The SMILES string of the molecule is CCCNCCCn1c(C)c(C)sc1=O. The van der Waals surface area contributed by atoms with Crippen molar-refractivity contribution in [1.82, 2.24) is 9.88 Å². The molecule has 0 radical (unpaired) electrons. The lowest BCUT2D eigenvalue weighted by molar-refractivity contribution is 0.566. The molecule has 15 heavy (non-hydrogen) atoms. The molecule has 86 valence electrons. The second kappa shape index (κ2) is 6.08. The average molecular weight is 228 g/mol. The summed E-state index contributed by atoms with van der Waals surface area (Å²) in [5.74, 6) is 0. The molecule has 1 aromatic heterocycles. The number of aromatic nitrogens is 1. The second-order valence-corrected chi connectivity index (χ2v) is 4.93. The third-order valence-corrected chi connectivity index (χ3v) is 3.53. The highest BCUT2D eigenvalue weighted by atomic mass is 32.1. The summed E-state index contributed by atoms with van der Waals surface area (Å²) in [5.41, 5.74) is 1.13. The number of thiazole rings is 1. The smallest absolute Gasteiger partial charge is 0.307 e. The number of hydrogen-bond acceptors (Lipinski definition) is 3. The highest BCUT2D eigenvalue weighted by Gasteiger charge is 2.05. The van der Waals surface area contributed by atoms with Crippen LogP contribution >= 0.6 is 11.3 Å². The van der Waals surface area contributed by atoms with Gasteiger partial charge in [0.05, 0.1) is 0 Å². The zero-order chi connectivity index (χ0) is 11.3. The maximum Gasteiger partial charge on any atom is 0.307 e. The maximum absolute atomic E-state index is 11.5. The van der Waals surface area contributed by atoms with E-state index in [0.717, 1.165) is 43.0 Å². The van der Waals surface area contributed by atoms with Gasteiger partial charge in [-0.2, -0.15) is 0 Å². The molecule has 1 rings (SSSR count). The molecule has 1 N–H and O–H groups in total. The summed E-state index contributed by atoms with van der Waals surface area (Å²) in [6, 6.07) is 0. The number of aryl methyl sites for hydroxylation is 1. The summed E-state index contributed by atoms with van der Waals surface area (Å²) in [6.45, 7) is 9.08. The fourth-order valence-corrected chi connectivity index (χ4v) is 2.37. The Bertz CT molecular complexity index is 354. The largest absolute Gasteiger partial charge is 0.317 e. The molecule has 1 heterocycles. The van der Waals surface area contributed by atoms with E-state index in [9.17, 15) is 4.79 Å². The van der Waals surface area contributed by atoms with Crippen molar-refractivity contribution in [2.45, 2.75) is 40.2 Å². The van der Waals surface area contributed by atoms with E-state index in [1.165, 1.54) is 11.3 Å². The fourth-order valence-electron chi connectivity index (χ4n) is 1.51. The lowest BCUT2D eigenvalue weighted by atomic mass is 10.3. The summed E-state index contributed by atoms with van der Waals surface area (Å²) >= 11 is 1.35. The van der Waals surface area contributed by atoms with Gasteiger partial charge >= 0.3 is 4.87 Å². The highest BCUT2D eigenvalue weighted by molar-refractivity contribution is 7.09. The first kappa shape index (κ1) is 12.5. The van der Waals surface area contributed by atoms with Crippen LogP contribution in [0.4, 0.5) is 0 Å². The van der Waals surface area contributed by atoms with Crippen LogP contribution in [0.5, 0.6) is 0 Å². The summed E-state index contributed by atoms with van der Waals surface area (Å²) < 4.78 is 1.88. The monoisotopic (exact) mass is 228 g/mol. The van der Waals surface area contributed by atoms with Crippen molar-refractivity contribution in [1.29, 1.82) is 0 Å². The van der Waals surface area contributed by atoms with Gasteiger partial charge in [0, 0.05) is 17.1 Å². The van der Waals surface area contributed by atoms with Gasteiger partial charge in [-0.15, -0.1) is 0 Å². The van der Waals surface area contributed by atoms with E-state index >= 15 is 0 Å². The Morgan fingerprint density at radius 2 is 2.07 bits per heavy atom. The van der Waals surface area contributed by atoms with Gasteiger partial charge in [-0.25, -0.2) is 0 Å². The molecular weight excluding hydrogens is 208 g/mol.